The van der Waals surface area contributed by atoms with E-state index in [9.17, 15) is 17.2 Å². The second-order valence-electron chi connectivity index (χ2n) is 8.86. The lowest BCUT2D eigenvalue weighted by molar-refractivity contribution is 0.217. The van der Waals surface area contributed by atoms with Crippen molar-refractivity contribution in [3.05, 3.63) is 46.9 Å². The molecule has 2 atom stereocenters. The van der Waals surface area contributed by atoms with Gasteiger partial charge in [-0.05, 0) is 49.9 Å². The van der Waals surface area contributed by atoms with E-state index in [0.29, 0.717) is 19.0 Å². The number of hydrogen-bond acceptors (Lipinski definition) is 5. The Morgan fingerprint density at radius 1 is 1.25 bits per heavy atom. The number of benzene rings is 1. The topological polar surface area (TPSA) is 65.5 Å². The molecule has 1 aromatic heterocycles. The molecule has 2 aromatic rings. The molecule has 1 aromatic carbocycles. The van der Waals surface area contributed by atoms with Crippen LogP contribution in [0.25, 0.3) is 0 Å². The van der Waals surface area contributed by atoms with Crippen molar-refractivity contribution in [1.29, 1.82) is 0 Å². The molecule has 1 unspecified atom stereocenters. The minimum atomic E-state index is -4.73. The van der Waals surface area contributed by atoms with Crippen LogP contribution in [0.5, 0.6) is 0 Å². The minimum absolute atomic E-state index is 0.0314. The summed E-state index contributed by atoms with van der Waals surface area (Å²) in [7, 11) is -2.66. The molecule has 0 bridgehead atoms. The highest BCUT2D eigenvalue weighted by atomic mass is 35.5. The Labute approximate surface area is 190 Å². The Balaban J connectivity index is 1.62. The van der Waals surface area contributed by atoms with E-state index in [1.807, 2.05) is 9.62 Å². The third-order valence-electron chi connectivity index (χ3n) is 6.54. The summed E-state index contributed by atoms with van der Waals surface area (Å²) in [6.45, 7) is 5.29. The van der Waals surface area contributed by atoms with E-state index in [-0.39, 0.29) is 11.1 Å². The molecular formula is C21H24ClF3N4O2S. The summed E-state index contributed by atoms with van der Waals surface area (Å²) in [5, 5.41) is -0.466. The van der Waals surface area contributed by atoms with Gasteiger partial charge in [0.2, 0.25) is 5.95 Å². The molecule has 2 fully saturated rings. The zero-order valence-corrected chi connectivity index (χ0v) is 19.3. The maximum absolute atomic E-state index is 15.1. The van der Waals surface area contributed by atoms with Crippen LogP contribution in [0.1, 0.15) is 19.8 Å². The third-order valence-corrected chi connectivity index (χ3v) is 8.29. The summed E-state index contributed by atoms with van der Waals surface area (Å²) in [5.41, 5.74) is 0.0933. The van der Waals surface area contributed by atoms with Gasteiger partial charge in [0.15, 0.2) is 10.7 Å². The third kappa shape index (κ3) is 4.27. The first-order valence-electron chi connectivity index (χ1n) is 10.3. The molecule has 0 saturated carbocycles. The molecule has 2 saturated heterocycles. The molecule has 0 radical (unpaired) electrons. The van der Waals surface area contributed by atoms with E-state index < -0.39 is 43.3 Å². The quantitative estimate of drug-likeness (QED) is 0.506. The van der Waals surface area contributed by atoms with Gasteiger partial charge in [0.05, 0.1) is 5.69 Å². The Morgan fingerprint density at radius 2 is 2.00 bits per heavy atom. The highest BCUT2D eigenvalue weighted by Crippen LogP contribution is 2.45. The second-order valence-corrected chi connectivity index (χ2v) is 10.9. The lowest BCUT2D eigenvalue weighted by Crippen LogP contribution is -2.33. The fourth-order valence-electron chi connectivity index (χ4n) is 4.72. The molecule has 174 valence electrons. The predicted molar refractivity (Wildman–Crippen MR) is 117 cm³/mol. The lowest BCUT2D eigenvalue weighted by atomic mass is 9.76. The maximum Gasteiger partial charge on any atom is 0.268 e. The molecule has 11 heteroatoms. The molecule has 4 rings (SSSR count). The fraction of sp³-hybridized carbons (Fsp3) is 0.476. The van der Waals surface area contributed by atoms with Gasteiger partial charge in [-0.25, -0.2) is 22.2 Å². The highest BCUT2D eigenvalue weighted by molar-refractivity contribution is 7.92. The van der Waals surface area contributed by atoms with Crippen LogP contribution in [-0.2, 0) is 10.0 Å². The largest absolute Gasteiger partial charge is 0.370 e. The number of aromatic nitrogens is 1. The molecule has 2 aliphatic rings. The Bertz CT molecular complexity index is 1150. The van der Waals surface area contributed by atoms with Gasteiger partial charge in [0.1, 0.15) is 16.7 Å². The van der Waals surface area contributed by atoms with Gasteiger partial charge in [-0.15, -0.1) is 0 Å². The van der Waals surface area contributed by atoms with Crippen molar-refractivity contribution in [2.24, 2.45) is 11.3 Å². The van der Waals surface area contributed by atoms with E-state index in [1.54, 1.807) is 0 Å². The summed E-state index contributed by atoms with van der Waals surface area (Å²) in [6.07, 6.45) is 1.91. The van der Waals surface area contributed by atoms with Crippen LogP contribution in [-0.4, -0.2) is 51.5 Å². The first kappa shape index (κ1) is 23.1. The minimum Gasteiger partial charge on any atom is -0.370 e. The number of hydrogen-bond donors (Lipinski definition) is 1. The lowest BCUT2D eigenvalue weighted by Gasteiger charge is -2.32. The van der Waals surface area contributed by atoms with Crippen LogP contribution < -0.4 is 9.62 Å². The molecule has 0 spiro atoms. The smallest absolute Gasteiger partial charge is 0.268 e. The number of nitrogens with zero attached hydrogens (tertiary/aromatic N) is 3. The highest BCUT2D eigenvalue weighted by Gasteiger charge is 2.43. The van der Waals surface area contributed by atoms with Crippen LogP contribution in [0, 0.1) is 28.9 Å². The van der Waals surface area contributed by atoms with Crippen LogP contribution in [0.2, 0.25) is 5.02 Å². The van der Waals surface area contributed by atoms with Gasteiger partial charge >= 0.3 is 0 Å². The molecule has 1 N–H and O–H groups in total. The summed E-state index contributed by atoms with van der Waals surface area (Å²) < 4.78 is 70.4. The molecule has 3 heterocycles. The van der Waals surface area contributed by atoms with E-state index in [1.165, 1.54) is 6.07 Å². The van der Waals surface area contributed by atoms with Gasteiger partial charge in [0.25, 0.3) is 10.0 Å². The number of halogens is 4. The summed E-state index contributed by atoms with van der Waals surface area (Å²) >= 11 is 6.20. The standard InChI is InChI=1S/C21H24ClF3N4O2S/c1-21(13-6-8-28(2)11-13)7-9-29(12-21)15-10-14(23)20(19(25)18(15)22)32(30,31)27-17-5-3-4-16(24)26-17/h3-5,10,13H,6-9,11-12H2,1-2H3,(H,26,27)/t13?,21-/m1/s1. The Kier molecular flexibility index (Phi) is 6.06. The van der Waals surface area contributed by atoms with E-state index in [4.69, 9.17) is 11.6 Å². The van der Waals surface area contributed by atoms with Gasteiger partial charge in [-0.3, -0.25) is 4.72 Å². The predicted octanol–water partition coefficient (Wildman–Crippen LogP) is 4.12. The van der Waals surface area contributed by atoms with Crippen molar-refractivity contribution in [2.45, 2.75) is 24.7 Å². The van der Waals surface area contributed by atoms with Crippen molar-refractivity contribution in [3.63, 3.8) is 0 Å². The number of rotatable bonds is 5. The average molecular weight is 489 g/mol. The number of sulfonamides is 1. The molecule has 6 nitrogen and oxygen atoms in total. The van der Waals surface area contributed by atoms with Gasteiger partial charge < -0.3 is 9.80 Å². The summed E-state index contributed by atoms with van der Waals surface area (Å²) in [5.74, 6) is -3.54. The zero-order valence-electron chi connectivity index (χ0n) is 17.7. The van der Waals surface area contributed by atoms with Gasteiger partial charge in [-0.1, -0.05) is 24.6 Å². The van der Waals surface area contributed by atoms with E-state index >= 15 is 4.39 Å². The van der Waals surface area contributed by atoms with E-state index in [0.717, 1.165) is 44.1 Å². The van der Waals surface area contributed by atoms with Crippen LogP contribution in [0.3, 0.4) is 0 Å². The molecule has 2 aliphatic heterocycles. The van der Waals surface area contributed by atoms with Crippen molar-refractivity contribution >= 4 is 33.1 Å². The van der Waals surface area contributed by atoms with Crippen LogP contribution in [0.15, 0.2) is 29.2 Å². The first-order valence-corrected chi connectivity index (χ1v) is 12.1. The first-order chi connectivity index (χ1) is 15.0. The molecule has 32 heavy (non-hydrogen) atoms. The number of pyridine rings is 1. The van der Waals surface area contributed by atoms with Crippen molar-refractivity contribution < 1.29 is 21.6 Å². The SMILES string of the molecule is CN1CCC([C@]2(C)CCN(c3cc(F)c(S(=O)(=O)Nc4cccc(F)n4)c(F)c3Cl)C2)C1. The second kappa shape index (κ2) is 8.39. The van der Waals surface area contributed by atoms with Crippen molar-refractivity contribution in [2.75, 3.05) is 42.8 Å². The summed E-state index contributed by atoms with van der Waals surface area (Å²) in [4.78, 5) is 6.21. The average Bonchev–Trinajstić information content (AvgIpc) is 3.31. The fourth-order valence-corrected chi connectivity index (χ4v) is 6.19. The van der Waals surface area contributed by atoms with Gasteiger partial charge in [0, 0.05) is 25.7 Å². The number of anilines is 2. The van der Waals surface area contributed by atoms with Crippen molar-refractivity contribution in [3.8, 4) is 0 Å². The van der Waals surface area contributed by atoms with Crippen molar-refractivity contribution in [1.82, 2.24) is 9.88 Å². The Morgan fingerprint density at radius 3 is 2.66 bits per heavy atom. The zero-order chi connectivity index (χ0) is 23.3. The van der Waals surface area contributed by atoms with E-state index in [2.05, 4.69) is 23.9 Å². The monoisotopic (exact) mass is 488 g/mol. The number of likely N-dealkylation sites (tertiary alicyclic amines) is 1. The normalized spacial score (nSPS) is 24.3. The van der Waals surface area contributed by atoms with Crippen LogP contribution >= 0.6 is 11.6 Å². The molecular weight excluding hydrogens is 465 g/mol. The van der Waals surface area contributed by atoms with Crippen LogP contribution in [0.4, 0.5) is 24.7 Å². The summed E-state index contributed by atoms with van der Waals surface area (Å²) in [6, 6.07) is 4.34. The van der Waals surface area contributed by atoms with Gasteiger partial charge in [-0.2, -0.15) is 4.39 Å². The number of nitrogens with one attached hydrogen (secondary N) is 1. The maximum atomic E-state index is 15.1. The molecule has 0 aliphatic carbocycles. The molecule has 0 amide bonds. The Hall–Kier alpha value is -2.04.